The van der Waals surface area contributed by atoms with Crippen molar-refractivity contribution in [3.05, 3.63) is 29.8 Å². The molecule has 0 spiro atoms. The minimum atomic E-state index is -0.121. The number of carbonyl (C=O) groups is 2. The molecular weight excluding hydrogens is 232 g/mol. The van der Waals surface area contributed by atoms with E-state index >= 15 is 0 Å². The fraction of sp³-hybridized carbons (Fsp3) is 0.385. The zero-order valence-corrected chi connectivity index (χ0v) is 10.4. The van der Waals surface area contributed by atoms with Gasteiger partial charge in [0.05, 0.1) is 6.42 Å². The molecule has 0 bridgehead atoms. The first-order chi connectivity index (χ1) is 8.61. The lowest BCUT2D eigenvalue weighted by Gasteiger charge is -2.06. The van der Waals surface area contributed by atoms with Gasteiger partial charge in [0.25, 0.3) is 0 Å². The molecule has 3 N–H and O–H groups in total. The molecule has 0 saturated heterocycles. The van der Waals surface area contributed by atoms with Gasteiger partial charge in [0.15, 0.2) is 0 Å². The minimum Gasteiger partial charge on any atom is -0.396 e. The Balaban J connectivity index is 2.43. The number of anilines is 1. The van der Waals surface area contributed by atoms with Crippen molar-refractivity contribution >= 4 is 17.5 Å². The summed E-state index contributed by atoms with van der Waals surface area (Å²) in [6.45, 7) is 2.01. The molecule has 0 unspecified atom stereocenters. The van der Waals surface area contributed by atoms with Gasteiger partial charge in [0.2, 0.25) is 11.8 Å². The van der Waals surface area contributed by atoms with Crippen molar-refractivity contribution in [1.29, 1.82) is 0 Å². The molecule has 2 amide bonds. The van der Waals surface area contributed by atoms with E-state index in [1.807, 2.05) is 0 Å². The van der Waals surface area contributed by atoms with Crippen molar-refractivity contribution in [2.75, 3.05) is 18.5 Å². The largest absolute Gasteiger partial charge is 0.396 e. The molecule has 0 fully saturated rings. The second-order valence-corrected chi connectivity index (χ2v) is 3.98. The first-order valence-corrected chi connectivity index (χ1v) is 5.86. The van der Waals surface area contributed by atoms with Crippen LogP contribution in [-0.4, -0.2) is 30.1 Å². The number of hydrogen-bond donors (Lipinski definition) is 3. The van der Waals surface area contributed by atoms with Gasteiger partial charge in [0.1, 0.15) is 0 Å². The summed E-state index contributed by atoms with van der Waals surface area (Å²) in [6, 6.07) is 7.13. The van der Waals surface area contributed by atoms with Crippen molar-refractivity contribution in [3.63, 3.8) is 0 Å². The Bertz CT molecular complexity index is 401. The van der Waals surface area contributed by atoms with E-state index in [9.17, 15) is 9.59 Å². The zero-order chi connectivity index (χ0) is 13.4. The van der Waals surface area contributed by atoms with Gasteiger partial charge in [-0.05, 0) is 24.1 Å². The van der Waals surface area contributed by atoms with Crippen LogP contribution in [0.4, 0.5) is 5.69 Å². The van der Waals surface area contributed by atoms with Gasteiger partial charge in [-0.15, -0.1) is 0 Å². The third-order valence-corrected chi connectivity index (χ3v) is 2.30. The Morgan fingerprint density at radius 2 is 1.89 bits per heavy atom. The molecule has 0 aromatic heterocycles. The molecule has 0 aliphatic carbocycles. The summed E-state index contributed by atoms with van der Waals surface area (Å²) in [4.78, 5) is 22.3. The van der Waals surface area contributed by atoms with Gasteiger partial charge in [-0.3, -0.25) is 9.59 Å². The molecule has 5 heteroatoms. The Kier molecular flexibility index (Phi) is 5.87. The lowest BCUT2D eigenvalue weighted by Crippen LogP contribution is -2.26. The van der Waals surface area contributed by atoms with Crippen LogP contribution in [0.2, 0.25) is 0 Å². The van der Waals surface area contributed by atoms with E-state index < -0.39 is 0 Å². The molecule has 98 valence electrons. The van der Waals surface area contributed by atoms with Crippen molar-refractivity contribution in [1.82, 2.24) is 5.32 Å². The fourth-order valence-corrected chi connectivity index (χ4v) is 1.46. The van der Waals surface area contributed by atoms with Gasteiger partial charge >= 0.3 is 0 Å². The predicted molar refractivity (Wildman–Crippen MR) is 69.2 cm³/mol. The van der Waals surface area contributed by atoms with Crippen LogP contribution in [0.25, 0.3) is 0 Å². The number of carbonyl (C=O) groups excluding carboxylic acids is 2. The van der Waals surface area contributed by atoms with Crippen molar-refractivity contribution in [2.24, 2.45) is 0 Å². The summed E-state index contributed by atoms with van der Waals surface area (Å²) in [5, 5.41) is 14.0. The number of aliphatic hydroxyl groups is 1. The summed E-state index contributed by atoms with van der Waals surface area (Å²) in [7, 11) is 0. The number of benzene rings is 1. The average molecular weight is 250 g/mol. The normalized spacial score (nSPS) is 9.89. The molecule has 0 atom stereocenters. The first-order valence-electron chi connectivity index (χ1n) is 5.86. The standard InChI is InChI=1S/C13H18N2O3/c1-10(17)15-12-5-3-11(4-6-12)9-13(18)14-7-2-8-16/h3-6,16H,2,7-9H2,1H3,(H,14,18)(H,15,17). The Labute approximate surface area is 106 Å². The lowest BCUT2D eigenvalue weighted by atomic mass is 10.1. The van der Waals surface area contributed by atoms with Crippen molar-refractivity contribution in [3.8, 4) is 0 Å². The first kappa shape index (κ1) is 14.2. The molecule has 1 aromatic rings. The molecular formula is C13H18N2O3. The van der Waals surface area contributed by atoms with Gasteiger partial charge in [0, 0.05) is 25.8 Å². The molecule has 1 rings (SSSR count). The van der Waals surface area contributed by atoms with E-state index in [4.69, 9.17) is 5.11 Å². The summed E-state index contributed by atoms with van der Waals surface area (Å²) in [5.74, 6) is -0.194. The van der Waals surface area contributed by atoms with Gasteiger partial charge in [-0.25, -0.2) is 0 Å². The van der Waals surface area contributed by atoms with Crippen LogP contribution in [0.3, 0.4) is 0 Å². The number of rotatable bonds is 6. The molecule has 5 nitrogen and oxygen atoms in total. The highest BCUT2D eigenvalue weighted by Crippen LogP contribution is 2.09. The second kappa shape index (κ2) is 7.45. The highest BCUT2D eigenvalue weighted by Gasteiger charge is 2.03. The minimum absolute atomic E-state index is 0.0734. The van der Waals surface area contributed by atoms with Crippen LogP contribution >= 0.6 is 0 Å². The number of aliphatic hydroxyl groups excluding tert-OH is 1. The van der Waals surface area contributed by atoms with Crippen LogP contribution in [0.15, 0.2) is 24.3 Å². The maximum Gasteiger partial charge on any atom is 0.224 e. The highest BCUT2D eigenvalue weighted by molar-refractivity contribution is 5.88. The van der Waals surface area contributed by atoms with E-state index in [1.165, 1.54) is 6.92 Å². The molecule has 0 heterocycles. The summed E-state index contributed by atoms with van der Waals surface area (Å²) >= 11 is 0. The molecule has 18 heavy (non-hydrogen) atoms. The molecule has 0 radical (unpaired) electrons. The van der Waals surface area contributed by atoms with Gasteiger partial charge in [-0.1, -0.05) is 12.1 Å². The molecule has 0 saturated carbocycles. The monoisotopic (exact) mass is 250 g/mol. The topological polar surface area (TPSA) is 78.4 Å². The average Bonchev–Trinajstić information content (AvgIpc) is 2.31. The summed E-state index contributed by atoms with van der Waals surface area (Å²) in [5.41, 5.74) is 1.59. The van der Waals surface area contributed by atoms with Crippen LogP contribution in [0.5, 0.6) is 0 Å². The lowest BCUT2D eigenvalue weighted by molar-refractivity contribution is -0.120. The number of hydrogen-bond acceptors (Lipinski definition) is 3. The number of amides is 2. The Morgan fingerprint density at radius 1 is 1.22 bits per heavy atom. The SMILES string of the molecule is CC(=O)Nc1ccc(CC(=O)NCCCO)cc1. The Hall–Kier alpha value is -1.88. The molecule has 1 aromatic carbocycles. The van der Waals surface area contributed by atoms with E-state index in [0.717, 1.165) is 5.56 Å². The Morgan fingerprint density at radius 3 is 2.44 bits per heavy atom. The molecule has 0 aliphatic rings. The third kappa shape index (κ3) is 5.45. The van der Waals surface area contributed by atoms with Gasteiger partial charge in [-0.2, -0.15) is 0 Å². The van der Waals surface area contributed by atoms with Crippen LogP contribution < -0.4 is 10.6 Å². The summed E-state index contributed by atoms with van der Waals surface area (Å²) < 4.78 is 0. The second-order valence-electron chi connectivity index (χ2n) is 3.98. The number of nitrogens with one attached hydrogen (secondary N) is 2. The smallest absolute Gasteiger partial charge is 0.224 e. The fourth-order valence-electron chi connectivity index (χ4n) is 1.46. The maximum absolute atomic E-state index is 11.5. The van der Waals surface area contributed by atoms with Crippen molar-refractivity contribution < 1.29 is 14.7 Å². The van der Waals surface area contributed by atoms with E-state index in [1.54, 1.807) is 24.3 Å². The van der Waals surface area contributed by atoms with E-state index in [2.05, 4.69) is 10.6 Å². The highest BCUT2D eigenvalue weighted by atomic mass is 16.3. The van der Waals surface area contributed by atoms with E-state index in [0.29, 0.717) is 25.1 Å². The van der Waals surface area contributed by atoms with Gasteiger partial charge < -0.3 is 15.7 Å². The van der Waals surface area contributed by atoms with Crippen LogP contribution in [0, 0.1) is 0 Å². The summed E-state index contributed by atoms with van der Waals surface area (Å²) in [6.07, 6.45) is 0.860. The van der Waals surface area contributed by atoms with Crippen molar-refractivity contribution in [2.45, 2.75) is 19.8 Å². The molecule has 0 aliphatic heterocycles. The van der Waals surface area contributed by atoms with E-state index in [-0.39, 0.29) is 18.4 Å². The zero-order valence-electron chi connectivity index (χ0n) is 10.4. The van der Waals surface area contributed by atoms with Crippen LogP contribution in [0.1, 0.15) is 18.9 Å². The quantitative estimate of drug-likeness (QED) is 0.650. The maximum atomic E-state index is 11.5. The predicted octanol–water partition coefficient (Wildman–Crippen LogP) is 0.686. The van der Waals surface area contributed by atoms with Crippen LogP contribution in [-0.2, 0) is 16.0 Å². The third-order valence-electron chi connectivity index (χ3n) is 2.30.